The Kier molecular flexibility index (Phi) is 6.61. The normalized spacial score (nSPS) is 12.0. The molecule has 3 N–H and O–H groups in total. The molecular formula is C14H21ClN2O3. The number of nitrogen functional groups attached to an aromatic ring is 1. The first kappa shape index (κ1) is 16.6. The molecule has 0 aliphatic rings. The van der Waals surface area contributed by atoms with E-state index in [2.05, 4.69) is 5.32 Å². The Morgan fingerprint density at radius 1 is 1.50 bits per heavy atom. The van der Waals surface area contributed by atoms with Gasteiger partial charge in [0.15, 0.2) is 0 Å². The molecule has 1 unspecified atom stereocenters. The van der Waals surface area contributed by atoms with Crippen molar-refractivity contribution >= 4 is 28.9 Å². The van der Waals surface area contributed by atoms with Gasteiger partial charge in [0.2, 0.25) is 0 Å². The lowest BCUT2D eigenvalue weighted by Crippen LogP contribution is -2.20. The zero-order chi connectivity index (χ0) is 15.1. The maximum Gasteiger partial charge on any atom is 0.340 e. The van der Waals surface area contributed by atoms with Gasteiger partial charge in [0.25, 0.3) is 0 Å². The average molecular weight is 301 g/mol. The van der Waals surface area contributed by atoms with Gasteiger partial charge in [-0.1, -0.05) is 11.6 Å². The van der Waals surface area contributed by atoms with Gasteiger partial charge in [0, 0.05) is 25.4 Å². The molecule has 0 heterocycles. The summed E-state index contributed by atoms with van der Waals surface area (Å²) in [6.07, 6.45) is 0.791. The molecule has 112 valence electrons. The predicted octanol–water partition coefficient (Wildman–Crippen LogP) is 2.94. The van der Waals surface area contributed by atoms with Crippen molar-refractivity contribution in [3.8, 4) is 0 Å². The first-order chi connectivity index (χ1) is 9.49. The Bertz CT molecular complexity index is 466. The summed E-state index contributed by atoms with van der Waals surface area (Å²) in [5.74, 6) is -0.442. The third-order valence-electron chi connectivity index (χ3n) is 2.75. The molecule has 1 aromatic carbocycles. The second kappa shape index (κ2) is 7.97. The fourth-order valence-corrected chi connectivity index (χ4v) is 2.04. The number of nitrogens with two attached hydrogens (primary N) is 1. The number of methoxy groups -OCH3 is 1. The number of carbonyl (C=O) groups excluding carboxylic acids is 1. The smallest absolute Gasteiger partial charge is 0.340 e. The molecule has 0 saturated heterocycles. The maximum absolute atomic E-state index is 12.0. The minimum absolute atomic E-state index is 0.101. The zero-order valence-electron chi connectivity index (χ0n) is 12.0. The van der Waals surface area contributed by atoms with Crippen molar-refractivity contribution in [3.05, 3.63) is 22.7 Å². The van der Waals surface area contributed by atoms with Crippen molar-refractivity contribution in [2.24, 2.45) is 0 Å². The molecule has 0 aromatic heterocycles. The van der Waals surface area contributed by atoms with Gasteiger partial charge < -0.3 is 20.5 Å². The van der Waals surface area contributed by atoms with Gasteiger partial charge >= 0.3 is 5.97 Å². The highest BCUT2D eigenvalue weighted by atomic mass is 35.5. The summed E-state index contributed by atoms with van der Waals surface area (Å²) in [7, 11) is 1.65. The summed E-state index contributed by atoms with van der Waals surface area (Å²) in [4.78, 5) is 12.0. The van der Waals surface area contributed by atoms with Gasteiger partial charge in [-0.25, -0.2) is 4.79 Å². The van der Waals surface area contributed by atoms with Crippen LogP contribution in [0.3, 0.4) is 0 Å². The number of rotatable bonds is 7. The maximum atomic E-state index is 12.0. The number of benzene rings is 1. The second-order valence-electron chi connectivity index (χ2n) is 4.47. The van der Waals surface area contributed by atoms with Crippen LogP contribution in [-0.4, -0.2) is 32.3 Å². The highest BCUT2D eigenvalue weighted by Gasteiger charge is 2.18. The van der Waals surface area contributed by atoms with Gasteiger partial charge in [-0.05, 0) is 32.4 Å². The number of esters is 1. The molecule has 0 spiro atoms. The Balaban J connectivity index is 3.00. The molecule has 20 heavy (non-hydrogen) atoms. The van der Waals surface area contributed by atoms with Crippen LogP contribution in [0.1, 0.15) is 30.6 Å². The van der Waals surface area contributed by atoms with Crippen molar-refractivity contribution in [2.75, 3.05) is 31.4 Å². The molecule has 0 radical (unpaired) electrons. The molecule has 1 rings (SSSR count). The summed E-state index contributed by atoms with van der Waals surface area (Å²) in [6, 6.07) is 3.27. The number of nitrogens with one attached hydrogen (secondary N) is 1. The van der Waals surface area contributed by atoms with Gasteiger partial charge in [0.1, 0.15) is 0 Å². The fourth-order valence-electron chi connectivity index (χ4n) is 1.76. The fraction of sp³-hybridized carbons (Fsp3) is 0.500. The van der Waals surface area contributed by atoms with Crippen LogP contribution < -0.4 is 11.1 Å². The Labute approximate surface area is 124 Å². The van der Waals surface area contributed by atoms with Crippen molar-refractivity contribution in [3.63, 3.8) is 0 Å². The van der Waals surface area contributed by atoms with Crippen LogP contribution in [0.5, 0.6) is 0 Å². The molecule has 5 nitrogen and oxygen atoms in total. The summed E-state index contributed by atoms with van der Waals surface area (Å²) in [5, 5.41) is 3.61. The monoisotopic (exact) mass is 300 g/mol. The van der Waals surface area contributed by atoms with Gasteiger partial charge in [0.05, 0.1) is 22.9 Å². The number of hydrogen-bond acceptors (Lipinski definition) is 5. The molecule has 0 aliphatic heterocycles. The Morgan fingerprint density at radius 3 is 2.80 bits per heavy atom. The summed E-state index contributed by atoms with van der Waals surface area (Å²) >= 11 is 6.18. The van der Waals surface area contributed by atoms with Crippen molar-refractivity contribution in [2.45, 2.75) is 26.3 Å². The number of ether oxygens (including phenoxy) is 2. The van der Waals surface area contributed by atoms with Crippen molar-refractivity contribution < 1.29 is 14.3 Å². The summed E-state index contributed by atoms with van der Waals surface area (Å²) in [5.41, 5.74) is 7.05. The van der Waals surface area contributed by atoms with Gasteiger partial charge in [-0.2, -0.15) is 0 Å². The molecule has 0 fully saturated rings. The van der Waals surface area contributed by atoms with E-state index in [1.54, 1.807) is 26.2 Å². The topological polar surface area (TPSA) is 73.6 Å². The lowest BCUT2D eigenvalue weighted by molar-refractivity contribution is 0.0527. The molecule has 0 saturated carbocycles. The third kappa shape index (κ3) is 4.58. The Hall–Kier alpha value is -1.46. The molecule has 1 aromatic rings. The molecule has 0 amide bonds. The highest BCUT2D eigenvalue weighted by Crippen LogP contribution is 2.30. The zero-order valence-corrected chi connectivity index (χ0v) is 12.8. The number of hydrogen-bond donors (Lipinski definition) is 2. The standard InChI is InChI=1S/C14H21ClN2O3/c1-4-20-14(18)11-7-10(16)8-12(15)13(11)17-9(2)5-6-19-3/h7-9,17H,4-6,16H2,1-3H3. The van der Waals surface area contributed by atoms with Crippen LogP contribution in [-0.2, 0) is 9.47 Å². The van der Waals surface area contributed by atoms with E-state index in [0.717, 1.165) is 6.42 Å². The number of halogens is 1. The van der Waals surface area contributed by atoms with E-state index in [0.29, 0.717) is 35.2 Å². The third-order valence-corrected chi connectivity index (χ3v) is 3.05. The molecule has 0 aliphatic carbocycles. The summed E-state index contributed by atoms with van der Waals surface area (Å²) in [6.45, 7) is 4.65. The predicted molar refractivity (Wildman–Crippen MR) is 81.4 cm³/mol. The molecular weight excluding hydrogens is 280 g/mol. The lowest BCUT2D eigenvalue weighted by atomic mass is 10.1. The molecule has 6 heteroatoms. The van der Waals surface area contributed by atoms with Gasteiger partial charge in [-0.15, -0.1) is 0 Å². The second-order valence-corrected chi connectivity index (χ2v) is 4.88. The van der Waals surface area contributed by atoms with Crippen LogP contribution in [0.2, 0.25) is 5.02 Å². The SMILES string of the molecule is CCOC(=O)c1cc(N)cc(Cl)c1NC(C)CCOC. The van der Waals surface area contributed by atoms with E-state index in [1.165, 1.54) is 0 Å². The van der Waals surface area contributed by atoms with Crippen LogP contribution >= 0.6 is 11.6 Å². The van der Waals surface area contributed by atoms with E-state index < -0.39 is 5.97 Å². The lowest BCUT2D eigenvalue weighted by Gasteiger charge is -2.19. The first-order valence-electron chi connectivity index (χ1n) is 6.51. The molecule has 0 bridgehead atoms. The van der Waals surface area contributed by atoms with E-state index in [-0.39, 0.29) is 6.04 Å². The van der Waals surface area contributed by atoms with Crippen molar-refractivity contribution in [1.82, 2.24) is 0 Å². The van der Waals surface area contributed by atoms with Gasteiger partial charge in [-0.3, -0.25) is 0 Å². The van der Waals surface area contributed by atoms with Crippen LogP contribution in [0.4, 0.5) is 11.4 Å². The van der Waals surface area contributed by atoms with E-state index in [4.69, 9.17) is 26.8 Å². The average Bonchev–Trinajstić information content (AvgIpc) is 2.39. The first-order valence-corrected chi connectivity index (χ1v) is 6.89. The Morgan fingerprint density at radius 2 is 2.20 bits per heavy atom. The minimum Gasteiger partial charge on any atom is -0.462 e. The number of anilines is 2. The van der Waals surface area contributed by atoms with Crippen LogP contribution in [0.15, 0.2) is 12.1 Å². The van der Waals surface area contributed by atoms with E-state index in [1.807, 2.05) is 6.92 Å². The quantitative estimate of drug-likeness (QED) is 0.598. The highest BCUT2D eigenvalue weighted by molar-refractivity contribution is 6.34. The van der Waals surface area contributed by atoms with Crippen LogP contribution in [0.25, 0.3) is 0 Å². The molecule has 1 atom stereocenters. The number of carbonyl (C=O) groups is 1. The summed E-state index contributed by atoms with van der Waals surface area (Å²) < 4.78 is 10.1. The van der Waals surface area contributed by atoms with Crippen molar-refractivity contribution in [1.29, 1.82) is 0 Å². The van der Waals surface area contributed by atoms with E-state index in [9.17, 15) is 4.79 Å². The minimum atomic E-state index is -0.442. The van der Waals surface area contributed by atoms with E-state index >= 15 is 0 Å². The largest absolute Gasteiger partial charge is 0.462 e. The van der Waals surface area contributed by atoms with Crippen LogP contribution in [0, 0.1) is 0 Å².